The number of pyridine rings is 1. The molecule has 1 fully saturated rings. The number of non-ortho nitro benzene ring substituents is 1. The van der Waals surface area contributed by atoms with Gasteiger partial charge < -0.3 is 4.74 Å². The number of hydrogen-bond acceptors (Lipinski definition) is 6. The molecule has 0 aliphatic carbocycles. The summed E-state index contributed by atoms with van der Waals surface area (Å²) in [5, 5.41) is 11.0. The molecule has 26 heavy (non-hydrogen) atoms. The van der Waals surface area contributed by atoms with E-state index in [0.29, 0.717) is 17.9 Å². The molecule has 1 aliphatic rings. The van der Waals surface area contributed by atoms with Gasteiger partial charge in [-0.2, -0.15) is 4.31 Å². The molecule has 10 heteroatoms. The van der Waals surface area contributed by atoms with Crippen LogP contribution in [0.1, 0.15) is 12.0 Å². The Balaban J connectivity index is 1.78. The van der Waals surface area contributed by atoms with Gasteiger partial charge in [0.25, 0.3) is 5.69 Å². The van der Waals surface area contributed by atoms with E-state index in [2.05, 4.69) is 20.9 Å². The van der Waals surface area contributed by atoms with Crippen LogP contribution in [0, 0.1) is 17.0 Å². The normalized spacial score (nSPS) is 18.0. The minimum absolute atomic E-state index is 0.0471. The highest BCUT2D eigenvalue weighted by atomic mass is 79.9. The van der Waals surface area contributed by atoms with Crippen molar-refractivity contribution in [3.8, 4) is 5.88 Å². The van der Waals surface area contributed by atoms with Gasteiger partial charge in [-0.25, -0.2) is 13.4 Å². The molecule has 2 aromatic rings. The van der Waals surface area contributed by atoms with Crippen LogP contribution in [-0.2, 0) is 10.0 Å². The second-order valence-corrected chi connectivity index (χ2v) is 8.74. The molecule has 8 nitrogen and oxygen atoms in total. The summed E-state index contributed by atoms with van der Waals surface area (Å²) in [6.45, 7) is 2.07. The summed E-state index contributed by atoms with van der Waals surface area (Å²) in [6, 6.07) is 7.34. The van der Waals surface area contributed by atoms with Crippen molar-refractivity contribution in [3.63, 3.8) is 0 Å². The van der Waals surface area contributed by atoms with Crippen LogP contribution in [0.5, 0.6) is 5.88 Å². The molecule has 0 bridgehead atoms. The molecule has 0 amide bonds. The Kier molecular flexibility index (Phi) is 5.26. The first-order valence-electron chi connectivity index (χ1n) is 7.81. The fourth-order valence-electron chi connectivity index (χ4n) is 2.73. The molecular formula is C16H16BrN3O5S. The maximum absolute atomic E-state index is 12.9. The third-order valence-electron chi connectivity index (χ3n) is 4.10. The van der Waals surface area contributed by atoms with E-state index in [1.807, 2.05) is 0 Å². The number of sulfonamides is 1. The highest BCUT2D eigenvalue weighted by Gasteiger charge is 2.35. The lowest BCUT2D eigenvalue weighted by Gasteiger charge is -2.18. The second-order valence-electron chi connectivity index (χ2n) is 5.91. The summed E-state index contributed by atoms with van der Waals surface area (Å²) in [5.74, 6) is 0.420. The smallest absolute Gasteiger partial charge is 0.270 e. The topological polar surface area (TPSA) is 103 Å². The Morgan fingerprint density at radius 1 is 1.35 bits per heavy atom. The lowest BCUT2D eigenvalue weighted by atomic mass is 10.2. The average molecular weight is 442 g/mol. The van der Waals surface area contributed by atoms with Gasteiger partial charge in [0.2, 0.25) is 15.9 Å². The second kappa shape index (κ2) is 7.29. The molecule has 2 heterocycles. The van der Waals surface area contributed by atoms with Crippen LogP contribution >= 0.6 is 15.9 Å². The van der Waals surface area contributed by atoms with Crippen LogP contribution in [0.2, 0.25) is 0 Å². The molecule has 1 aromatic carbocycles. The molecule has 1 saturated heterocycles. The molecule has 0 saturated carbocycles. The number of ether oxygens (including phenoxy) is 1. The van der Waals surface area contributed by atoms with Crippen molar-refractivity contribution < 1.29 is 18.1 Å². The van der Waals surface area contributed by atoms with Gasteiger partial charge in [0.05, 0.1) is 16.4 Å². The van der Waals surface area contributed by atoms with E-state index in [0.717, 1.165) is 10.5 Å². The summed E-state index contributed by atoms with van der Waals surface area (Å²) in [5.41, 5.74) is 0.217. The van der Waals surface area contributed by atoms with E-state index < -0.39 is 14.9 Å². The summed E-state index contributed by atoms with van der Waals surface area (Å²) in [6.07, 6.45) is 1.80. The van der Waals surface area contributed by atoms with E-state index in [9.17, 15) is 18.5 Å². The van der Waals surface area contributed by atoms with Crippen LogP contribution in [0.4, 0.5) is 5.69 Å². The molecule has 0 spiro atoms. The van der Waals surface area contributed by atoms with Crippen molar-refractivity contribution in [2.45, 2.75) is 24.3 Å². The van der Waals surface area contributed by atoms with Gasteiger partial charge in [0, 0.05) is 35.4 Å². The fraction of sp³-hybridized carbons (Fsp3) is 0.312. The van der Waals surface area contributed by atoms with E-state index in [-0.39, 0.29) is 29.8 Å². The first kappa shape index (κ1) is 18.7. The van der Waals surface area contributed by atoms with E-state index in [1.165, 1.54) is 16.4 Å². The maximum Gasteiger partial charge on any atom is 0.270 e. The van der Waals surface area contributed by atoms with Crippen LogP contribution in [0.3, 0.4) is 0 Å². The van der Waals surface area contributed by atoms with Gasteiger partial charge in [0.1, 0.15) is 6.10 Å². The summed E-state index contributed by atoms with van der Waals surface area (Å²) >= 11 is 3.29. The third-order valence-corrected chi connectivity index (χ3v) is 6.57. The van der Waals surface area contributed by atoms with Crippen molar-refractivity contribution in [2.75, 3.05) is 13.1 Å². The van der Waals surface area contributed by atoms with Crippen LogP contribution in [0.25, 0.3) is 0 Å². The largest absolute Gasteiger partial charge is 0.473 e. The highest BCUT2D eigenvalue weighted by molar-refractivity contribution is 9.10. The van der Waals surface area contributed by atoms with Crippen molar-refractivity contribution in [1.29, 1.82) is 0 Å². The Bertz CT molecular complexity index is 933. The predicted molar refractivity (Wildman–Crippen MR) is 97.6 cm³/mol. The van der Waals surface area contributed by atoms with Gasteiger partial charge in [-0.1, -0.05) is 6.07 Å². The number of rotatable bonds is 5. The number of nitro benzene ring substituents is 1. The zero-order valence-corrected chi connectivity index (χ0v) is 16.2. The number of nitrogens with zero attached hydrogens (tertiary/aromatic N) is 3. The van der Waals surface area contributed by atoms with E-state index in [4.69, 9.17) is 4.74 Å². The lowest BCUT2D eigenvalue weighted by molar-refractivity contribution is -0.385. The van der Waals surface area contributed by atoms with Gasteiger partial charge in [-0.3, -0.25) is 10.1 Å². The molecule has 1 unspecified atom stereocenters. The third kappa shape index (κ3) is 3.87. The summed E-state index contributed by atoms with van der Waals surface area (Å²) < 4.78 is 33.7. The first-order chi connectivity index (χ1) is 12.3. The van der Waals surface area contributed by atoms with Crippen molar-refractivity contribution in [3.05, 3.63) is 56.7 Å². The van der Waals surface area contributed by atoms with Crippen molar-refractivity contribution in [2.24, 2.45) is 0 Å². The monoisotopic (exact) mass is 441 g/mol. The van der Waals surface area contributed by atoms with Gasteiger partial charge >= 0.3 is 0 Å². The van der Waals surface area contributed by atoms with Gasteiger partial charge in [0.15, 0.2) is 0 Å². The lowest BCUT2D eigenvalue weighted by Crippen LogP contribution is -2.31. The zero-order chi connectivity index (χ0) is 18.9. The SMILES string of the molecule is Cc1ccc([N+](=O)[O-])cc1S(=O)(=O)N1CCC(Oc2ccc(Br)cn2)C1. The van der Waals surface area contributed by atoms with Crippen molar-refractivity contribution in [1.82, 2.24) is 9.29 Å². The molecule has 1 aliphatic heterocycles. The minimum atomic E-state index is -3.84. The van der Waals surface area contributed by atoms with Crippen LogP contribution in [-0.4, -0.2) is 41.8 Å². The molecule has 3 rings (SSSR count). The minimum Gasteiger partial charge on any atom is -0.473 e. The van der Waals surface area contributed by atoms with E-state index in [1.54, 1.807) is 25.3 Å². The fourth-order valence-corrected chi connectivity index (χ4v) is 4.70. The highest BCUT2D eigenvalue weighted by Crippen LogP contribution is 2.28. The zero-order valence-electron chi connectivity index (χ0n) is 13.8. The molecule has 0 N–H and O–H groups in total. The van der Waals surface area contributed by atoms with E-state index >= 15 is 0 Å². The van der Waals surface area contributed by atoms with Gasteiger partial charge in [-0.15, -0.1) is 0 Å². The molecule has 1 aromatic heterocycles. The molecular weight excluding hydrogens is 426 g/mol. The maximum atomic E-state index is 12.9. The number of aromatic nitrogens is 1. The van der Waals surface area contributed by atoms with Gasteiger partial charge in [-0.05, 0) is 40.9 Å². The number of hydrogen-bond donors (Lipinski definition) is 0. The Hall–Kier alpha value is -2.04. The Morgan fingerprint density at radius 2 is 2.12 bits per heavy atom. The number of halogens is 1. The Labute approximate surface area is 159 Å². The summed E-state index contributed by atoms with van der Waals surface area (Å²) in [7, 11) is -3.84. The molecule has 1 atom stereocenters. The van der Waals surface area contributed by atoms with Crippen LogP contribution < -0.4 is 4.74 Å². The number of nitro groups is 1. The summed E-state index contributed by atoms with van der Waals surface area (Å²) in [4.78, 5) is 14.4. The number of benzene rings is 1. The number of aryl methyl sites for hydroxylation is 1. The quantitative estimate of drug-likeness (QED) is 0.521. The van der Waals surface area contributed by atoms with Crippen molar-refractivity contribution >= 4 is 31.6 Å². The first-order valence-corrected chi connectivity index (χ1v) is 10.0. The Morgan fingerprint density at radius 3 is 2.77 bits per heavy atom. The average Bonchev–Trinajstić information content (AvgIpc) is 3.06. The standard InChI is InChI=1S/C16H16BrN3O5S/c1-11-2-4-13(20(21)22)8-15(11)26(23,24)19-7-6-14(10-19)25-16-5-3-12(17)9-18-16/h2-5,8-9,14H,6-7,10H2,1H3. The molecule has 138 valence electrons. The molecule has 0 radical (unpaired) electrons. The predicted octanol–water partition coefficient (Wildman–Crippen LogP) is 2.90. The van der Waals surface area contributed by atoms with Crippen LogP contribution in [0.15, 0.2) is 45.9 Å².